The van der Waals surface area contributed by atoms with Crippen LogP contribution in [-0.2, 0) is 0 Å². The lowest BCUT2D eigenvalue weighted by atomic mass is 10.1. The van der Waals surface area contributed by atoms with Gasteiger partial charge in [-0.05, 0) is 44.2 Å². The summed E-state index contributed by atoms with van der Waals surface area (Å²) in [5.74, 6) is 1.24. The Bertz CT molecular complexity index is 261. The van der Waals surface area contributed by atoms with Crippen molar-refractivity contribution >= 4 is 11.8 Å². The first-order valence-electron chi connectivity index (χ1n) is 6.24. The topological polar surface area (TPSA) is 12.0 Å². The van der Waals surface area contributed by atoms with Gasteiger partial charge in [0.2, 0.25) is 0 Å². The minimum absolute atomic E-state index is 0.673. The third-order valence-electron chi connectivity index (χ3n) is 2.60. The molecule has 1 N–H and O–H groups in total. The van der Waals surface area contributed by atoms with Crippen molar-refractivity contribution in [1.82, 2.24) is 5.32 Å². The summed E-state index contributed by atoms with van der Waals surface area (Å²) in [5, 5.41) is 3.45. The first-order chi connectivity index (χ1) is 7.83. The zero-order valence-electron chi connectivity index (χ0n) is 10.4. The molecule has 90 valence electrons. The maximum atomic E-state index is 3.45. The number of rotatable bonds is 8. The second-order valence-corrected chi connectivity index (χ2v) is 5.28. The van der Waals surface area contributed by atoms with E-state index >= 15 is 0 Å². The molecular weight excluding hydrogens is 214 g/mol. The molecule has 0 aromatic heterocycles. The summed E-state index contributed by atoms with van der Waals surface area (Å²) < 4.78 is 0. The summed E-state index contributed by atoms with van der Waals surface area (Å²) in [4.78, 5) is 1.39. The number of nitrogens with one attached hydrogen (secondary N) is 1. The van der Waals surface area contributed by atoms with E-state index in [4.69, 9.17) is 0 Å². The molecule has 0 heterocycles. The minimum Gasteiger partial charge on any atom is -0.315 e. The lowest BCUT2D eigenvalue weighted by Crippen LogP contribution is -2.25. The van der Waals surface area contributed by atoms with Crippen molar-refractivity contribution < 1.29 is 0 Å². The molecule has 0 spiro atoms. The van der Waals surface area contributed by atoms with E-state index < -0.39 is 0 Å². The van der Waals surface area contributed by atoms with Crippen LogP contribution in [0, 0.1) is 0 Å². The Morgan fingerprint density at radius 2 is 1.94 bits per heavy atom. The van der Waals surface area contributed by atoms with Crippen LogP contribution in [0.2, 0.25) is 0 Å². The largest absolute Gasteiger partial charge is 0.315 e. The van der Waals surface area contributed by atoms with Crippen LogP contribution in [0.25, 0.3) is 0 Å². The number of unbranched alkanes of at least 4 members (excludes halogenated alkanes) is 1. The molecule has 0 aliphatic rings. The van der Waals surface area contributed by atoms with Crippen molar-refractivity contribution in [2.45, 2.75) is 44.0 Å². The first kappa shape index (κ1) is 13.6. The number of thioether (sulfide) groups is 1. The maximum absolute atomic E-state index is 3.45. The molecule has 1 rings (SSSR count). The van der Waals surface area contributed by atoms with Gasteiger partial charge in [0.25, 0.3) is 0 Å². The van der Waals surface area contributed by atoms with Crippen LogP contribution in [0.3, 0.4) is 0 Å². The molecule has 0 bridgehead atoms. The third kappa shape index (κ3) is 6.19. The molecule has 1 aromatic rings. The molecule has 16 heavy (non-hydrogen) atoms. The average molecular weight is 237 g/mol. The molecular formula is C14H23NS. The number of hydrogen-bond donors (Lipinski definition) is 1. The lowest BCUT2D eigenvalue weighted by Gasteiger charge is -2.11. The highest BCUT2D eigenvalue weighted by Gasteiger charge is 1.99. The Morgan fingerprint density at radius 1 is 1.19 bits per heavy atom. The average Bonchev–Trinajstić information content (AvgIpc) is 2.30. The highest BCUT2D eigenvalue weighted by molar-refractivity contribution is 7.99. The fourth-order valence-electron chi connectivity index (χ4n) is 1.71. The molecule has 1 aromatic carbocycles. The predicted octanol–water partition coefficient (Wildman–Crippen LogP) is 3.95. The van der Waals surface area contributed by atoms with Gasteiger partial charge in [0.1, 0.15) is 0 Å². The van der Waals surface area contributed by atoms with Gasteiger partial charge in [-0.3, -0.25) is 0 Å². The van der Waals surface area contributed by atoms with E-state index in [1.807, 2.05) is 11.8 Å². The highest BCUT2D eigenvalue weighted by Crippen LogP contribution is 2.18. The van der Waals surface area contributed by atoms with Crippen molar-refractivity contribution in [3.05, 3.63) is 30.3 Å². The van der Waals surface area contributed by atoms with Crippen LogP contribution in [0.1, 0.15) is 33.1 Å². The van der Waals surface area contributed by atoms with Gasteiger partial charge in [0, 0.05) is 10.9 Å². The summed E-state index contributed by atoms with van der Waals surface area (Å²) in [6.45, 7) is 5.52. The minimum atomic E-state index is 0.673. The maximum Gasteiger partial charge on any atom is 0.00719 e. The molecule has 0 fully saturated rings. The van der Waals surface area contributed by atoms with Crippen molar-refractivity contribution in [3.63, 3.8) is 0 Å². The molecule has 1 nitrogen and oxygen atoms in total. The Morgan fingerprint density at radius 3 is 2.62 bits per heavy atom. The zero-order chi connectivity index (χ0) is 11.6. The van der Waals surface area contributed by atoms with Gasteiger partial charge in [-0.1, -0.05) is 31.5 Å². The molecule has 0 radical (unpaired) electrons. The van der Waals surface area contributed by atoms with Gasteiger partial charge in [0.15, 0.2) is 0 Å². The van der Waals surface area contributed by atoms with Crippen molar-refractivity contribution in [2.24, 2.45) is 0 Å². The smallest absolute Gasteiger partial charge is 0.00719 e. The summed E-state index contributed by atoms with van der Waals surface area (Å²) in [6, 6.07) is 11.3. The third-order valence-corrected chi connectivity index (χ3v) is 3.69. The molecule has 0 saturated carbocycles. The quantitative estimate of drug-likeness (QED) is 0.543. The Labute approximate surface area is 104 Å². The summed E-state index contributed by atoms with van der Waals surface area (Å²) in [7, 11) is 0. The van der Waals surface area contributed by atoms with Crippen LogP contribution >= 0.6 is 11.8 Å². The molecule has 1 atom stereocenters. The summed E-state index contributed by atoms with van der Waals surface area (Å²) in [5.41, 5.74) is 0. The number of benzene rings is 1. The predicted molar refractivity (Wildman–Crippen MR) is 74.2 cm³/mol. The standard InChI is InChI=1S/C14H23NS/c1-3-15-13(2)9-7-8-12-16-14-10-5-4-6-11-14/h4-6,10-11,13,15H,3,7-9,12H2,1-2H3. The van der Waals surface area contributed by atoms with Crippen molar-refractivity contribution in [1.29, 1.82) is 0 Å². The fourth-order valence-corrected chi connectivity index (χ4v) is 2.64. The summed E-state index contributed by atoms with van der Waals surface area (Å²) >= 11 is 1.97. The zero-order valence-corrected chi connectivity index (χ0v) is 11.2. The van der Waals surface area contributed by atoms with Gasteiger partial charge >= 0.3 is 0 Å². The van der Waals surface area contributed by atoms with E-state index in [9.17, 15) is 0 Å². The van der Waals surface area contributed by atoms with Crippen LogP contribution in [0.15, 0.2) is 35.2 Å². The Hall–Kier alpha value is -0.470. The SMILES string of the molecule is CCNC(C)CCCCSc1ccccc1. The van der Waals surface area contributed by atoms with Gasteiger partial charge < -0.3 is 5.32 Å². The van der Waals surface area contributed by atoms with Crippen molar-refractivity contribution in [2.75, 3.05) is 12.3 Å². The van der Waals surface area contributed by atoms with E-state index in [2.05, 4.69) is 49.5 Å². The van der Waals surface area contributed by atoms with E-state index in [0.717, 1.165) is 6.54 Å². The van der Waals surface area contributed by atoms with Crippen molar-refractivity contribution in [3.8, 4) is 0 Å². The van der Waals surface area contributed by atoms with E-state index in [-0.39, 0.29) is 0 Å². The second kappa shape index (κ2) is 8.66. The van der Waals surface area contributed by atoms with E-state index in [1.165, 1.54) is 29.9 Å². The molecule has 0 saturated heterocycles. The molecule has 0 amide bonds. The van der Waals surface area contributed by atoms with Gasteiger partial charge in [-0.25, -0.2) is 0 Å². The Kier molecular flexibility index (Phi) is 7.35. The van der Waals surface area contributed by atoms with Gasteiger partial charge in [0.05, 0.1) is 0 Å². The highest BCUT2D eigenvalue weighted by atomic mass is 32.2. The Balaban J connectivity index is 2.00. The van der Waals surface area contributed by atoms with E-state index in [1.54, 1.807) is 0 Å². The molecule has 0 aliphatic heterocycles. The van der Waals surface area contributed by atoms with Crippen LogP contribution < -0.4 is 5.32 Å². The lowest BCUT2D eigenvalue weighted by molar-refractivity contribution is 0.510. The molecule has 0 aliphatic carbocycles. The summed E-state index contributed by atoms with van der Waals surface area (Å²) in [6.07, 6.45) is 3.94. The van der Waals surface area contributed by atoms with E-state index in [0.29, 0.717) is 6.04 Å². The van der Waals surface area contributed by atoms with Gasteiger partial charge in [-0.15, -0.1) is 11.8 Å². The molecule has 2 heteroatoms. The van der Waals surface area contributed by atoms with Gasteiger partial charge in [-0.2, -0.15) is 0 Å². The first-order valence-corrected chi connectivity index (χ1v) is 7.22. The number of hydrogen-bond acceptors (Lipinski definition) is 2. The van der Waals surface area contributed by atoms with Crippen LogP contribution in [-0.4, -0.2) is 18.3 Å². The normalized spacial score (nSPS) is 12.6. The monoisotopic (exact) mass is 237 g/mol. The van der Waals surface area contributed by atoms with Crippen LogP contribution in [0.4, 0.5) is 0 Å². The van der Waals surface area contributed by atoms with Crippen LogP contribution in [0.5, 0.6) is 0 Å². The molecule has 1 unspecified atom stereocenters. The second-order valence-electron chi connectivity index (χ2n) is 4.12. The fraction of sp³-hybridized carbons (Fsp3) is 0.571.